The second kappa shape index (κ2) is 8.10. The molecule has 3 heterocycles. The van der Waals surface area contributed by atoms with E-state index in [1.54, 1.807) is 0 Å². The van der Waals surface area contributed by atoms with E-state index in [4.69, 9.17) is 4.98 Å². The second-order valence-corrected chi connectivity index (χ2v) is 7.87. The Balaban J connectivity index is 1.51. The van der Waals surface area contributed by atoms with Gasteiger partial charge in [0.15, 0.2) is 0 Å². The molecule has 0 bridgehead atoms. The van der Waals surface area contributed by atoms with Crippen molar-refractivity contribution in [3.05, 3.63) is 59.7 Å². The molecule has 1 aliphatic heterocycles. The third-order valence-electron chi connectivity index (χ3n) is 5.67. The summed E-state index contributed by atoms with van der Waals surface area (Å²) in [5.41, 5.74) is 4.27. The van der Waals surface area contributed by atoms with Crippen molar-refractivity contribution in [2.45, 2.75) is 32.7 Å². The smallest absolute Gasteiger partial charge is 0.303 e. The molecule has 4 rings (SSSR count). The molecule has 6 nitrogen and oxygen atoms in total. The summed E-state index contributed by atoms with van der Waals surface area (Å²) in [4.78, 5) is 26.4. The number of aliphatic carboxylic acids is 1. The zero-order valence-corrected chi connectivity index (χ0v) is 16.1. The van der Waals surface area contributed by atoms with Crippen LogP contribution in [0.1, 0.15) is 29.9 Å². The highest BCUT2D eigenvalue weighted by Gasteiger charge is 2.31. The average Bonchev–Trinajstić information content (AvgIpc) is 3.06. The van der Waals surface area contributed by atoms with Gasteiger partial charge in [-0.3, -0.25) is 14.7 Å². The van der Waals surface area contributed by atoms with Gasteiger partial charge in [-0.2, -0.15) is 0 Å². The lowest BCUT2D eigenvalue weighted by molar-refractivity contribution is -0.139. The second-order valence-electron chi connectivity index (χ2n) is 7.87. The maximum absolute atomic E-state index is 11.4. The molecule has 0 radical (unpaired) electrons. The minimum atomic E-state index is -0.714. The van der Waals surface area contributed by atoms with E-state index in [9.17, 15) is 9.90 Å². The number of nitrogens with one attached hydrogen (secondary N) is 1. The van der Waals surface area contributed by atoms with Crippen molar-refractivity contribution in [2.24, 2.45) is 11.8 Å². The summed E-state index contributed by atoms with van der Waals surface area (Å²) in [6, 6.07) is 12.2. The normalized spacial score (nSPS) is 20.5. The summed E-state index contributed by atoms with van der Waals surface area (Å²) in [6.45, 7) is 4.64. The van der Waals surface area contributed by atoms with E-state index in [0.29, 0.717) is 0 Å². The number of carbonyl (C=O) groups is 1. The topological polar surface area (TPSA) is 82.1 Å². The Labute approximate surface area is 164 Å². The fourth-order valence-electron chi connectivity index (χ4n) is 4.27. The molecule has 1 saturated heterocycles. The molecule has 3 aromatic rings. The van der Waals surface area contributed by atoms with Gasteiger partial charge in [-0.15, -0.1) is 0 Å². The van der Waals surface area contributed by atoms with E-state index in [2.05, 4.69) is 33.9 Å². The zero-order valence-electron chi connectivity index (χ0n) is 16.1. The first kappa shape index (κ1) is 18.6. The third kappa shape index (κ3) is 4.39. The van der Waals surface area contributed by atoms with Crippen LogP contribution in [0, 0.1) is 18.8 Å². The van der Waals surface area contributed by atoms with Gasteiger partial charge in [0.1, 0.15) is 5.82 Å². The van der Waals surface area contributed by atoms with E-state index < -0.39 is 5.97 Å². The number of aryl methyl sites for hydroxylation is 1. The number of carboxylic acid groups (broad SMARTS) is 1. The van der Waals surface area contributed by atoms with Gasteiger partial charge in [0.2, 0.25) is 0 Å². The third-order valence-corrected chi connectivity index (χ3v) is 5.67. The van der Waals surface area contributed by atoms with Gasteiger partial charge in [-0.05, 0) is 61.6 Å². The van der Waals surface area contributed by atoms with Gasteiger partial charge in [0.25, 0.3) is 0 Å². The van der Waals surface area contributed by atoms with Gasteiger partial charge in [0.05, 0.1) is 16.7 Å². The maximum Gasteiger partial charge on any atom is 0.303 e. The van der Waals surface area contributed by atoms with Crippen molar-refractivity contribution in [1.82, 2.24) is 19.9 Å². The molecule has 0 spiro atoms. The zero-order chi connectivity index (χ0) is 19.5. The molecular formula is C22H26N4O2. The van der Waals surface area contributed by atoms with Crippen LogP contribution < -0.4 is 0 Å². The van der Waals surface area contributed by atoms with Crippen molar-refractivity contribution >= 4 is 17.0 Å². The van der Waals surface area contributed by atoms with Crippen LogP contribution in [0.25, 0.3) is 11.0 Å². The van der Waals surface area contributed by atoms with Crippen LogP contribution in [-0.4, -0.2) is 44.0 Å². The summed E-state index contributed by atoms with van der Waals surface area (Å²) in [5.74, 6) is 0.664. The molecule has 2 atom stereocenters. The van der Waals surface area contributed by atoms with Gasteiger partial charge >= 0.3 is 5.97 Å². The monoisotopic (exact) mass is 378 g/mol. The van der Waals surface area contributed by atoms with Gasteiger partial charge in [0, 0.05) is 32.1 Å². The number of hydrogen-bond acceptors (Lipinski definition) is 4. The van der Waals surface area contributed by atoms with Crippen LogP contribution in [0.15, 0.2) is 42.6 Å². The van der Waals surface area contributed by atoms with E-state index >= 15 is 0 Å². The summed E-state index contributed by atoms with van der Waals surface area (Å²) < 4.78 is 0. The molecular weight excluding hydrogens is 352 g/mol. The first-order valence-electron chi connectivity index (χ1n) is 9.86. The Bertz CT molecular complexity index is 954. The highest BCUT2D eigenvalue weighted by molar-refractivity contribution is 5.75. The standard InChI is InChI=1S/C22H26N4O2/c1-15-5-6-19-20(10-15)25-21(24-19)11-17-13-26(9-7-16(17)12-22(27)28)14-18-4-2-3-8-23-18/h2-6,8,10,16-17H,7,9,11-14H2,1H3,(H,24,25)(H,27,28)/t16-,17-/m0/s1. The minimum absolute atomic E-state index is 0.174. The Kier molecular flexibility index (Phi) is 5.39. The Morgan fingerprint density at radius 3 is 2.96 bits per heavy atom. The quantitative estimate of drug-likeness (QED) is 0.687. The van der Waals surface area contributed by atoms with Crippen LogP contribution in [-0.2, 0) is 17.8 Å². The predicted octanol–water partition coefficient (Wildman–Crippen LogP) is 3.42. The Morgan fingerprint density at radius 2 is 2.18 bits per heavy atom. The van der Waals surface area contributed by atoms with E-state index in [0.717, 1.165) is 55.0 Å². The molecule has 146 valence electrons. The molecule has 6 heteroatoms. The number of rotatable bonds is 6. The van der Waals surface area contributed by atoms with Crippen molar-refractivity contribution in [1.29, 1.82) is 0 Å². The van der Waals surface area contributed by atoms with Crippen LogP contribution in [0.5, 0.6) is 0 Å². The lowest BCUT2D eigenvalue weighted by Gasteiger charge is -2.37. The van der Waals surface area contributed by atoms with Crippen LogP contribution >= 0.6 is 0 Å². The summed E-state index contributed by atoms with van der Waals surface area (Å²) >= 11 is 0. The SMILES string of the molecule is Cc1ccc2nc(C[C@H]3CN(Cc4ccccn4)CC[C@H]3CC(=O)O)[nH]c2c1. The molecule has 1 fully saturated rings. The Hall–Kier alpha value is -2.73. The lowest BCUT2D eigenvalue weighted by atomic mass is 9.81. The number of hydrogen-bond donors (Lipinski definition) is 2. The molecule has 2 N–H and O–H groups in total. The van der Waals surface area contributed by atoms with Gasteiger partial charge in [-0.1, -0.05) is 12.1 Å². The first-order valence-corrected chi connectivity index (χ1v) is 9.86. The molecule has 0 saturated carbocycles. The van der Waals surface area contributed by atoms with Gasteiger partial charge < -0.3 is 10.1 Å². The summed E-state index contributed by atoms with van der Waals surface area (Å²) in [7, 11) is 0. The first-order chi connectivity index (χ1) is 13.6. The fraction of sp³-hybridized carbons (Fsp3) is 0.409. The average molecular weight is 378 g/mol. The molecule has 1 aliphatic rings. The van der Waals surface area contributed by atoms with Crippen LogP contribution in [0.4, 0.5) is 0 Å². The number of pyridine rings is 1. The predicted molar refractivity (Wildman–Crippen MR) is 108 cm³/mol. The lowest BCUT2D eigenvalue weighted by Crippen LogP contribution is -2.41. The number of H-pyrrole nitrogens is 1. The molecule has 0 amide bonds. The number of benzene rings is 1. The Morgan fingerprint density at radius 1 is 1.29 bits per heavy atom. The molecule has 2 aromatic heterocycles. The number of carboxylic acids is 1. The summed E-state index contributed by atoms with van der Waals surface area (Å²) in [5, 5.41) is 9.35. The van der Waals surface area contributed by atoms with E-state index in [1.165, 1.54) is 5.56 Å². The number of aromatic amines is 1. The van der Waals surface area contributed by atoms with Crippen LogP contribution in [0.2, 0.25) is 0 Å². The van der Waals surface area contributed by atoms with Crippen molar-refractivity contribution in [3.8, 4) is 0 Å². The van der Waals surface area contributed by atoms with Crippen LogP contribution in [0.3, 0.4) is 0 Å². The fourth-order valence-corrected chi connectivity index (χ4v) is 4.27. The van der Waals surface area contributed by atoms with Gasteiger partial charge in [-0.25, -0.2) is 4.98 Å². The highest BCUT2D eigenvalue weighted by Crippen LogP contribution is 2.30. The highest BCUT2D eigenvalue weighted by atomic mass is 16.4. The summed E-state index contributed by atoms with van der Waals surface area (Å²) in [6.07, 6.45) is 3.70. The number of nitrogens with zero attached hydrogens (tertiary/aromatic N) is 3. The number of piperidine rings is 1. The van der Waals surface area contributed by atoms with Crippen molar-refractivity contribution < 1.29 is 9.90 Å². The molecule has 1 aromatic carbocycles. The minimum Gasteiger partial charge on any atom is -0.481 e. The van der Waals surface area contributed by atoms with E-state index in [1.807, 2.05) is 30.5 Å². The number of fused-ring (bicyclic) bond motifs is 1. The number of likely N-dealkylation sites (tertiary alicyclic amines) is 1. The van der Waals surface area contributed by atoms with Crippen molar-refractivity contribution in [3.63, 3.8) is 0 Å². The largest absolute Gasteiger partial charge is 0.481 e. The molecule has 28 heavy (non-hydrogen) atoms. The van der Waals surface area contributed by atoms with Crippen molar-refractivity contribution in [2.75, 3.05) is 13.1 Å². The van der Waals surface area contributed by atoms with E-state index in [-0.39, 0.29) is 18.3 Å². The number of imidazole rings is 1. The maximum atomic E-state index is 11.4. The molecule has 0 aliphatic carbocycles. The number of aromatic nitrogens is 3. The molecule has 0 unspecified atom stereocenters.